The first kappa shape index (κ1) is 20.8. The maximum Gasteiger partial charge on any atom is 0.184 e. The largest absolute Gasteiger partial charge is 0.388 e. The summed E-state index contributed by atoms with van der Waals surface area (Å²) in [5, 5.41) is 15.7. The smallest absolute Gasteiger partial charge is 0.184 e. The van der Waals surface area contributed by atoms with Crippen molar-refractivity contribution in [2.24, 2.45) is 5.73 Å². The minimum absolute atomic E-state index is 0.293. The van der Waals surface area contributed by atoms with Crippen molar-refractivity contribution in [3.05, 3.63) is 71.3 Å². The van der Waals surface area contributed by atoms with E-state index in [1.54, 1.807) is 28.5 Å². The van der Waals surface area contributed by atoms with Gasteiger partial charge in [0, 0.05) is 5.56 Å². The first-order valence-electron chi connectivity index (χ1n) is 10.8. The molecule has 6 atom stereocenters. The van der Waals surface area contributed by atoms with E-state index in [1.807, 2.05) is 48.5 Å². The number of thiazole rings is 1. The average Bonchev–Trinajstić information content (AvgIpc) is 3.47. The van der Waals surface area contributed by atoms with Gasteiger partial charge in [0.2, 0.25) is 0 Å². The molecule has 0 aliphatic carbocycles. The Balaban J connectivity index is 1.30. The summed E-state index contributed by atoms with van der Waals surface area (Å²) in [7, 11) is 0. The second kappa shape index (κ2) is 8.24. The van der Waals surface area contributed by atoms with Gasteiger partial charge in [0.1, 0.15) is 30.2 Å². The molecule has 2 aliphatic heterocycles. The molecule has 0 amide bonds. The van der Waals surface area contributed by atoms with Gasteiger partial charge in [-0.3, -0.25) is 0 Å². The molecule has 4 heterocycles. The molecule has 2 fully saturated rings. The summed E-state index contributed by atoms with van der Waals surface area (Å²) in [6, 6.07) is 14.8. The number of aliphatic hydroxyl groups excluding tert-OH is 1. The van der Waals surface area contributed by atoms with Crippen LogP contribution in [-0.4, -0.2) is 55.8 Å². The molecule has 0 radical (unpaired) electrons. The predicted molar refractivity (Wildman–Crippen MR) is 121 cm³/mol. The Morgan fingerprint density at radius 3 is 2.85 bits per heavy atom. The number of nitrogens with two attached hydrogens (primary N) is 1. The Bertz CT molecular complexity index is 1280. The average molecular weight is 466 g/mol. The quantitative estimate of drug-likeness (QED) is 0.474. The zero-order valence-corrected chi connectivity index (χ0v) is 18.6. The highest BCUT2D eigenvalue weighted by Crippen LogP contribution is 2.38. The minimum atomic E-state index is -1.03. The van der Waals surface area contributed by atoms with Gasteiger partial charge < -0.3 is 25.1 Å². The van der Waals surface area contributed by atoms with E-state index in [1.165, 1.54) is 0 Å². The number of aryl methyl sites for hydroxylation is 1. The van der Waals surface area contributed by atoms with Crippen molar-refractivity contribution >= 4 is 21.6 Å². The Morgan fingerprint density at radius 2 is 2.00 bits per heavy atom. The lowest BCUT2D eigenvalue weighted by Gasteiger charge is -2.46. The number of nitrogens with zero attached hydrogens (tertiary/aromatic N) is 4. The van der Waals surface area contributed by atoms with E-state index in [2.05, 4.69) is 15.1 Å². The molecule has 1 unspecified atom stereocenters. The fourth-order valence-corrected chi connectivity index (χ4v) is 5.16. The fraction of sp³-hybridized carbons (Fsp3) is 0.348. The van der Waals surface area contributed by atoms with Gasteiger partial charge in [-0.05, 0) is 25.1 Å². The molecule has 9 nitrogen and oxygen atoms in total. The normalized spacial score (nSPS) is 29.8. The Kier molecular flexibility index (Phi) is 5.21. The Hall–Kier alpha value is -2.73. The highest BCUT2D eigenvalue weighted by molar-refractivity contribution is 7.16. The fourth-order valence-electron chi connectivity index (χ4n) is 4.45. The van der Waals surface area contributed by atoms with Crippen molar-refractivity contribution in [1.82, 2.24) is 19.7 Å². The zero-order valence-electron chi connectivity index (χ0n) is 17.8. The van der Waals surface area contributed by atoms with Crippen LogP contribution in [0.5, 0.6) is 0 Å². The van der Waals surface area contributed by atoms with Gasteiger partial charge in [0.25, 0.3) is 0 Å². The molecule has 3 N–H and O–H groups in total. The Morgan fingerprint density at radius 1 is 1.15 bits per heavy atom. The first-order chi connectivity index (χ1) is 16.1. The molecule has 2 aromatic heterocycles. The molecule has 2 saturated heterocycles. The lowest BCUT2D eigenvalue weighted by Crippen LogP contribution is -2.62. The van der Waals surface area contributed by atoms with Gasteiger partial charge in [0.15, 0.2) is 12.1 Å². The molecule has 6 rings (SSSR count). The second-order valence-corrected chi connectivity index (χ2v) is 9.16. The number of ether oxygens (including phenoxy) is 3. The van der Waals surface area contributed by atoms with Crippen molar-refractivity contribution in [3.63, 3.8) is 0 Å². The van der Waals surface area contributed by atoms with Crippen LogP contribution in [0.1, 0.15) is 29.6 Å². The topological polar surface area (TPSA) is 118 Å². The summed E-state index contributed by atoms with van der Waals surface area (Å²) in [6.07, 6.45) is -3.32. The molecule has 0 spiro atoms. The molecule has 0 saturated carbocycles. The lowest BCUT2D eigenvalue weighted by atomic mass is 9.92. The van der Waals surface area contributed by atoms with Crippen molar-refractivity contribution < 1.29 is 19.3 Å². The number of benzene rings is 2. The van der Waals surface area contributed by atoms with E-state index in [4.69, 9.17) is 19.9 Å². The number of hydrogen-bond donors (Lipinski definition) is 2. The molecule has 33 heavy (non-hydrogen) atoms. The molecule has 2 aromatic carbocycles. The van der Waals surface area contributed by atoms with E-state index >= 15 is 0 Å². The van der Waals surface area contributed by atoms with E-state index in [0.29, 0.717) is 18.3 Å². The molecule has 10 heteroatoms. The van der Waals surface area contributed by atoms with Crippen LogP contribution in [0.15, 0.2) is 54.0 Å². The number of fused-ring (bicyclic) bond motifs is 2. The molecule has 170 valence electrons. The molecular weight excluding hydrogens is 442 g/mol. The third-order valence-electron chi connectivity index (χ3n) is 6.09. The van der Waals surface area contributed by atoms with Gasteiger partial charge >= 0.3 is 0 Å². The van der Waals surface area contributed by atoms with Gasteiger partial charge in [-0.25, -0.2) is 14.6 Å². The number of aliphatic hydroxyl groups is 1. The summed E-state index contributed by atoms with van der Waals surface area (Å²) < 4.78 is 21.1. The minimum Gasteiger partial charge on any atom is -0.388 e. The third-order valence-corrected chi connectivity index (χ3v) is 6.88. The third kappa shape index (κ3) is 3.65. The van der Waals surface area contributed by atoms with Gasteiger partial charge in [-0.2, -0.15) is 5.10 Å². The molecule has 0 bridgehead atoms. The zero-order chi connectivity index (χ0) is 22.5. The van der Waals surface area contributed by atoms with Gasteiger partial charge in [0.05, 0.1) is 34.1 Å². The SMILES string of the molecule is Cc1nc([C@@H]2O[C@@H]3COC(c4ccccc4)O[C@@H]3[C@H](N)[C@H]2O)n(-c2ccc3ncsc3c2)n1. The van der Waals surface area contributed by atoms with Crippen molar-refractivity contribution in [1.29, 1.82) is 0 Å². The summed E-state index contributed by atoms with van der Waals surface area (Å²) in [4.78, 5) is 8.91. The van der Waals surface area contributed by atoms with Crippen molar-refractivity contribution in [2.45, 2.75) is 43.7 Å². The van der Waals surface area contributed by atoms with Crippen LogP contribution in [0.4, 0.5) is 0 Å². The summed E-state index contributed by atoms with van der Waals surface area (Å²) in [5.41, 5.74) is 10.9. The van der Waals surface area contributed by atoms with Crippen LogP contribution in [0, 0.1) is 6.92 Å². The monoisotopic (exact) mass is 465 g/mol. The molecule has 2 aliphatic rings. The van der Waals surface area contributed by atoms with Crippen LogP contribution in [-0.2, 0) is 14.2 Å². The lowest BCUT2D eigenvalue weighted by molar-refractivity contribution is -0.309. The van der Waals surface area contributed by atoms with E-state index < -0.39 is 36.7 Å². The Labute approximate surface area is 193 Å². The highest BCUT2D eigenvalue weighted by atomic mass is 32.1. The van der Waals surface area contributed by atoms with Gasteiger partial charge in [-0.15, -0.1) is 11.3 Å². The van der Waals surface area contributed by atoms with Crippen LogP contribution in [0.2, 0.25) is 0 Å². The van der Waals surface area contributed by atoms with Crippen LogP contribution >= 0.6 is 11.3 Å². The van der Waals surface area contributed by atoms with Crippen LogP contribution < -0.4 is 5.73 Å². The number of hydrogen-bond acceptors (Lipinski definition) is 9. The number of rotatable bonds is 3. The maximum atomic E-state index is 11.1. The van der Waals surface area contributed by atoms with E-state index in [-0.39, 0.29) is 0 Å². The predicted octanol–water partition coefficient (Wildman–Crippen LogP) is 2.43. The van der Waals surface area contributed by atoms with Crippen molar-refractivity contribution in [3.8, 4) is 5.69 Å². The first-order valence-corrected chi connectivity index (χ1v) is 11.6. The highest BCUT2D eigenvalue weighted by Gasteiger charge is 2.49. The summed E-state index contributed by atoms with van der Waals surface area (Å²) >= 11 is 1.55. The number of aromatic nitrogens is 4. The standard InChI is InChI=1S/C23H23N5O4S/c1-12-26-22(28(27-12)14-7-8-15-17(9-14)33-11-25-15)21-19(29)18(24)20-16(31-21)10-30-23(32-20)13-5-3-2-4-6-13/h2-9,11,16,18-21,23,29H,10,24H2,1H3/t16-,18-,19-,20+,21-,23?/m1/s1. The van der Waals surface area contributed by atoms with Crippen LogP contribution in [0.25, 0.3) is 15.9 Å². The van der Waals surface area contributed by atoms with E-state index in [0.717, 1.165) is 21.5 Å². The second-order valence-electron chi connectivity index (χ2n) is 8.27. The summed E-state index contributed by atoms with van der Waals surface area (Å²) in [5.74, 6) is 1.06. The van der Waals surface area contributed by atoms with Crippen molar-refractivity contribution in [2.75, 3.05) is 6.61 Å². The van der Waals surface area contributed by atoms with E-state index in [9.17, 15) is 5.11 Å². The van der Waals surface area contributed by atoms with Crippen LogP contribution in [0.3, 0.4) is 0 Å². The maximum absolute atomic E-state index is 11.1. The molecule has 4 aromatic rings. The molecular formula is C23H23N5O4S. The summed E-state index contributed by atoms with van der Waals surface area (Å²) in [6.45, 7) is 2.10. The van der Waals surface area contributed by atoms with Gasteiger partial charge in [-0.1, -0.05) is 30.3 Å².